The van der Waals surface area contributed by atoms with E-state index in [2.05, 4.69) is 6.92 Å². The van der Waals surface area contributed by atoms with Gasteiger partial charge in [-0.2, -0.15) is 18.3 Å². The standard InChI is InChI=1S/C36H47F3N4O3/c1-21-14-16-42(15-4-5-25(21)19-32(40)45)35(46)34-33-29-17-26(29)18-31(33)43(41-34)20-27(44)13-10-23-8-11-24(12-9-23)28-6-3-7-30(22(28)2)36(37,38)39/h3,6-7,21,23-26,29H,4-5,8-20H2,1-2H3,(H2,40,45)/t21?,23?,24?,25?,26-,29-/m1/s1. The van der Waals surface area contributed by atoms with Crippen LogP contribution in [0.5, 0.6) is 0 Å². The fraction of sp³-hybridized carbons (Fsp3) is 0.667. The van der Waals surface area contributed by atoms with E-state index < -0.39 is 11.7 Å². The Morgan fingerprint density at radius 2 is 1.80 bits per heavy atom. The van der Waals surface area contributed by atoms with Gasteiger partial charge in [0.25, 0.3) is 5.91 Å². The average molecular weight is 641 g/mol. The maximum absolute atomic E-state index is 13.8. The third-order valence-electron chi connectivity index (χ3n) is 11.6. The third kappa shape index (κ3) is 6.91. The molecule has 1 aromatic heterocycles. The number of aromatic nitrogens is 2. The predicted octanol–water partition coefficient (Wildman–Crippen LogP) is 6.95. The highest BCUT2D eigenvalue weighted by atomic mass is 19.4. The first kappa shape index (κ1) is 32.8. The Morgan fingerprint density at radius 1 is 1.04 bits per heavy atom. The van der Waals surface area contributed by atoms with Crippen LogP contribution in [-0.2, 0) is 28.7 Å². The zero-order valence-electron chi connectivity index (χ0n) is 27.1. The Hall–Kier alpha value is -3.17. The molecule has 2 amide bonds. The molecule has 2 N–H and O–H groups in total. The summed E-state index contributed by atoms with van der Waals surface area (Å²) in [6.45, 7) is 5.15. The number of carbonyl (C=O) groups excluding carboxylic acids is 3. The van der Waals surface area contributed by atoms with Crippen LogP contribution in [0.25, 0.3) is 0 Å². The molecule has 46 heavy (non-hydrogen) atoms. The molecule has 2 saturated carbocycles. The van der Waals surface area contributed by atoms with Gasteiger partial charge in [0.2, 0.25) is 5.91 Å². The lowest BCUT2D eigenvalue weighted by Gasteiger charge is -2.31. The lowest BCUT2D eigenvalue weighted by molar-refractivity contribution is -0.138. The second-order valence-corrected chi connectivity index (χ2v) is 14.6. The van der Waals surface area contributed by atoms with Gasteiger partial charge < -0.3 is 10.6 Å². The molecule has 2 aromatic rings. The largest absolute Gasteiger partial charge is 0.416 e. The van der Waals surface area contributed by atoms with Crippen molar-refractivity contribution in [2.45, 2.75) is 115 Å². The topological polar surface area (TPSA) is 98.3 Å². The molecule has 4 atom stereocenters. The minimum atomic E-state index is -4.34. The van der Waals surface area contributed by atoms with Gasteiger partial charge in [0.05, 0.1) is 12.1 Å². The van der Waals surface area contributed by atoms with Crippen molar-refractivity contribution in [3.8, 4) is 0 Å². The van der Waals surface area contributed by atoms with E-state index in [0.29, 0.717) is 60.9 Å². The van der Waals surface area contributed by atoms with Crippen LogP contribution in [0.2, 0.25) is 0 Å². The van der Waals surface area contributed by atoms with Crippen LogP contribution in [0, 0.1) is 30.6 Å². The quantitative estimate of drug-likeness (QED) is 0.321. The molecule has 1 aliphatic heterocycles. The van der Waals surface area contributed by atoms with E-state index in [9.17, 15) is 27.6 Å². The highest BCUT2D eigenvalue weighted by Crippen LogP contribution is 2.57. The minimum Gasteiger partial charge on any atom is -0.370 e. The molecular formula is C36H47F3N4O3. The second-order valence-electron chi connectivity index (χ2n) is 14.6. The zero-order chi connectivity index (χ0) is 32.7. The van der Waals surface area contributed by atoms with Gasteiger partial charge in [-0.3, -0.25) is 19.1 Å². The number of halogens is 3. The van der Waals surface area contributed by atoms with E-state index in [-0.39, 0.29) is 36.0 Å². The number of fused-ring (bicyclic) bond motifs is 3. The Kier molecular flexibility index (Phi) is 9.36. The zero-order valence-corrected chi connectivity index (χ0v) is 27.1. The number of hydrogen-bond donors (Lipinski definition) is 1. The van der Waals surface area contributed by atoms with E-state index in [0.717, 1.165) is 87.1 Å². The van der Waals surface area contributed by atoms with Gasteiger partial charge in [-0.1, -0.05) is 19.1 Å². The molecular weight excluding hydrogens is 593 g/mol. The first-order valence-corrected chi connectivity index (χ1v) is 17.3. The predicted molar refractivity (Wildman–Crippen MR) is 168 cm³/mol. The van der Waals surface area contributed by atoms with Crippen LogP contribution in [0.3, 0.4) is 0 Å². The first-order valence-electron chi connectivity index (χ1n) is 17.3. The summed E-state index contributed by atoms with van der Waals surface area (Å²) in [6, 6.07) is 4.51. The van der Waals surface area contributed by atoms with Crippen molar-refractivity contribution in [2.24, 2.45) is 29.4 Å². The number of rotatable bonds is 9. The van der Waals surface area contributed by atoms with Crippen LogP contribution in [0.1, 0.15) is 128 Å². The van der Waals surface area contributed by atoms with Crippen LogP contribution < -0.4 is 5.73 Å². The van der Waals surface area contributed by atoms with Crippen molar-refractivity contribution >= 4 is 17.6 Å². The number of primary amides is 1. The Labute approximate surface area is 269 Å². The van der Waals surface area contributed by atoms with Crippen molar-refractivity contribution in [2.75, 3.05) is 13.1 Å². The summed E-state index contributed by atoms with van der Waals surface area (Å²) in [7, 11) is 0. The SMILES string of the molecule is Cc1c(C2CCC(CCC(=O)Cn3nc(C(=O)N4CCCC(CC(N)=O)C(C)CC4)c4c3C[C@H]3C[C@@H]43)CC2)cccc1C(F)(F)F. The first-order chi connectivity index (χ1) is 21.9. The summed E-state index contributed by atoms with van der Waals surface area (Å²) < 4.78 is 42.1. The molecule has 2 heterocycles. The van der Waals surface area contributed by atoms with E-state index in [4.69, 9.17) is 10.8 Å². The van der Waals surface area contributed by atoms with Gasteiger partial charge in [0.1, 0.15) is 0 Å². The van der Waals surface area contributed by atoms with Gasteiger partial charge in [0.15, 0.2) is 11.5 Å². The van der Waals surface area contributed by atoms with Gasteiger partial charge in [-0.15, -0.1) is 0 Å². The second kappa shape index (κ2) is 13.1. The van der Waals surface area contributed by atoms with Gasteiger partial charge in [0, 0.05) is 37.2 Å². The summed E-state index contributed by atoms with van der Waals surface area (Å²) in [5.74, 6) is 1.80. The Morgan fingerprint density at radius 3 is 2.52 bits per heavy atom. The summed E-state index contributed by atoms with van der Waals surface area (Å²) >= 11 is 0. The van der Waals surface area contributed by atoms with Gasteiger partial charge >= 0.3 is 6.18 Å². The van der Waals surface area contributed by atoms with Crippen LogP contribution >= 0.6 is 0 Å². The number of ketones is 1. The average Bonchev–Trinajstić information content (AvgIpc) is 3.53. The lowest BCUT2D eigenvalue weighted by atomic mass is 9.75. The Balaban J connectivity index is 1.04. The fourth-order valence-corrected chi connectivity index (χ4v) is 8.71. The maximum Gasteiger partial charge on any atom is 0.416 e. The normalized spacial score (nSPS) is 27.8. The monoisotopic (exact) mass is 640 g/mol. The molecule has 2 unspecified atom stereocenters. The number of carbonyl (C=O) groups is 3. The number of benzene rings is 1. The molecule has 7 nitrogen and oxygen atoms in total. The molecule has 10 heteroatoms. The molecule has 1 aromatic carbocycles. The van der Waals surface area contributed by atoms with Crippen LogP contribution in [0.15, 0.2) is 18.2 Å². The van der Waals surface area contributed by atoms with Gasteiger partial charge in [-0.25, -0.2) is 0 Å². The molecule has 1 saturated heterocycles. The maximum atomic E-state index is 13.8. The molecule has 4 aliphatic rings. The molecule has 3 aliphatic carbocycles. The van der Waals surface area contributed by atoms with E-state index in [1.54, 1.807) is 11.6 Å². The molecule has 3 fully saturated rings. The third-order valence-corrected chi connectivity index (χ3v) is 11.6. The highest BCUT2D eigenvalue weighted by molar-refractivity contribution is 5.95. The van der Waals surface area contributed by atoms with Gasteiger partial charge in [-0.05, 0) is 124 Å². The van der Waals surface area contributed by atoms with Crippen molar-refractivity contribution in [3.63, 3.8) is 0 Å². The van der Waals surface area contributed by atoms with Crippen molar-refractivity contribution in [1.82, 2.24) is 14.7 Å². The van der Waals surface area contributed by atoms with Crippen molar-refractivity contribution in [3.05, 3.63) is 51.8 Å². The fourth-order valence-electron chi connectivity index (χ4n) is 8.71. The molecule has 250 valence electrons. The molecule has 6 rings (SSSR count). The van der Waals surface area contributed by atoms with Crippen molar-refractivity contribution < 1.29 is 27.6 Å². The number of Topliss-reactive ketones (excluding diaryl/α,β-unsaturated/α-hetero) is 1. The number of likely N-dealkylation sites (tertiary alicyclic amines) is 1. The Bertz CT molecular complexity index is 1480. The van der Waals surface area contributed by atoms with E-state index in [1.807, 2.05) is 11.0 Å². The molecule has 0 spiro atoms. The van der Waals surface area contributed by atoms with Crippen LogP contribution in [-0.4, -0.2) is 45.4 Å². The number of alkyl halides is 3. The summed E-state index contributed by atoms with van der Waals surface area (Å²) in [5.41, 5.74) is 8.71. The number of hydrogen-bond acceptors (Lipinski definition) is 4. The van der Waals surface area contributed by atoms with Crippen LogP contribution in [0.4, 0.5) is 13.2 Å². The summed E-state index contributed by atoms with van der Waals surface area (Å²) in [6.07, 6.45) is 5.22. The molecule has 0 bridgehead atoms. The molecule has 0 radical (unpaired) electrons. The number of amides is 2. The number of nitrogens with two attached hydrogens (primary N) is 1. The smallest absolute Gasteiger partial charge is 0.370 e. The van der Waals surface area contributed by atoms with Crippen molar-refractivity contribution in [1.29, 1.82) is 0 Å². The number of nitrogens with zero attached hydrogens (tertiary/aromatic N) is 3. The minimum absolute atomic E-state index is 0.0386. The summed E-state index contributed by atoms with van der Waals surface area (Å²) in [5, 5.41) is 4.79. The lowest BCUT2D eigenvalue weighted by Crippen LogP contribution is -2.37. The summed E-state index contributed by atoms with van der Waals surface area (Å²) in [4.78, 5) is 40.5. The van der Waals surface area contributed by atoms with E-state index in [1.165, 1.54) is 6.07 Å². The van der Waals surface area contributed by atoms with E-state index >= 15 is 0 Å². The highest BCUT2D eigenvalue weighted by Gasteiger charge is 2.50.